The Labute approximate surface area is 182 Å². The number of nitrogens with zero attached hydrogens (tertiary/aromatic N) is 1. The molecule has 1 fully saturated rings. The summed E-state index contributed by atoms with van der Waals surface area (Å²) in [5.41, 5.74) is 2.28. The number of carbonyl (C=O) groups excluding carboxylic acids is 2. The van der Waals surface area contributed by atoms with Gasteiger partial charge in [0.15, 0.2) is 5.11 Å². The molecule has 0 unspecified atom stereocenters. The number of anilines is 1. The molecule has 1 saturated heterocycles. The van der Waals surface area contributed by atoms with Gasteiger partial charge in [-0.3, -0.25) is 19.8 Å². The molecule has 7 nitrogen and oxygen atoms in total. The largest absolute Gasteiger partial charge is 0.478 e. The topological polar surface area (TPSA) is 99.8 Å². The predicted molar refractivity (Wildman–Crippen MR) is 118 cm³/mol. The molecule has 2 N–H and O–H groups in total. The van der Waals surface area contributed by atoms with Gasteiger partial charge in [0.2, 0.25) is 0 Å². The highest BCUT2D eigenvalue weighted by molar-refractivity contribution is 7.80. The van der Waals surface area contributed by atoms with E-state index in [0.717, 1.165) is 5.56 Å². The van der Waals surface area contributed by atoms with Gasteiger partial charge in [0.25, 0.3) is 11.8 Å². The maximum atomic E-state index is 13.0. The molecule has 0 saturated carbocycles. The third-order valence-electron chi connectivity index (χ3n) is 4.72. The fraction of sp³-hybridized carbons (Fsp3) is 0.0435. The molecule has 0 aliphatic carbocycles. The molecule has 0 bridgehead atoms. The van der Waals surface area contributed by atoms with E-state index in [1.807, 2.05) is 19.1 Å². The standard InChI is InChI=1S/C23H16N2O5S/c1-13-2-8-16(9-3-13)25-21(27)18(20(26)24-23(25)31)12-17-10-11-19(30-17)14-4-6-15(7-5-14)22(28)29/h2-12H,1H3,(H,28,29)(H,24,26,31)/b18-12+. The van der Waals surface area contributed by atoms with Crippen LogP contribution in [-0.2, 0) is 9.59 Å². The molecular weight excluding hydrogens is 416 g/mol. The van der Waals surface area contributed by atoms with E-state index in [1.54, 1.807) is 36.4 Å². The Bertz CT molecular complexity index is 1240. The number of amides is 2. The van der Waals surface area contributed by atoms with Crippen molar-refractivity contribution < 1.29 is 23.9 Å². The van der Waals surface area contributed by atoms with E-state index in [2.05, 4.69) is 5.32 Å². The second kappa shape index (κ2) is 8.00. The molecular formula is C23H16N2O5S. The molecule has 3 aromatic rings. The molecule has 1 aromatic heterocycles. The average molecular weight is 432 g/mol. The minimum absolute atomic E-state index is 0.00894. The first kappa shape index (κ1) is 20.2. The van der Waals surface area contributed by atoms with Crippen molar-refractivity contribution in [2.75, 3.05) is 4.90 Å². The van der Waals surface area contributed by atoms with Crippen LogP contribution in [0.15, 0.2) is 70.7 Å². The lowest BCUT2D eigenvalue weighted by molar-refractivity contribution is -0.122. The van der Waals surface area contributed by atoms with Gasteiger partial charge in [-0.1, -0.05) is 29.8 Å². The summed E-state index contributed by atoms with van der Waals surface area (Å²) in [6, 6.07) is 16.7. The summed E-state index contributed by atoms with van der Waals surface area (Å²) in [4.78, 5) is 37.7. The average Bonchev–Trinajstić information content (AvgIpc) is 3.21. The van der Waals surface area contributed by atoms with E-state index in [-0.39, 0.29) is 16.2 Å². The van der Waals surface area contributed by atoms with Crippen LogP contribution >= 0.6 is 12.2 Å². The first-order valence-corrected chi connectivity index (χ1v) is 9.66. The summed E-state index contributed by atoms with van der Waals surface area (Å²) < 4.78 is 5.75. The van der Waals surface area contributed by atoms with Crippen molar-refractivity contribution in [2.45, 2.75) is 6.92 Å². The molecule has 4 rings (SSSR count). The number of thiocarbonyl (C=S) groups is 1. The van der Waals surface area contributed by atoms with Gasteiger partial charge in [-0.05, 0) is 61.6 Å². The zero-order chi connectivity index (χ0) is 22.1. The van der Waals surface area contributed by atoms with Crippen molar-refractivity contribution in [3.05, 3.63) is 83.1 Å². The Morgan fingerprint density at radius 1 is 1.03 bits per heavy atom. The lowest BCUT2D eigenvalue weighted by Crippen LogP contribution is -2.54. The van der Waals surface area contributed by atoms with Gasteiger partial charge in [-0.25, -0.2) is 4.79 Å². The minimum atomic E-state index is -1.02. The van der Waals surface area contributed by atoms with Crippen LogP contribution in [-0.4, -0.2) is 28.0 Å². The molecule has 2 aromatic carbocycles. The number of aromatic carboxylic acids is 1. The number of carboxylic acids is 1. The highest BCUT2D eigenvalue weighted by Gasteiger charge is 2.34. The number of nitrogens with one attached hydrogen (secondary N) is 1. The van der Waals surface area contributed by atoms with E-state index in [4.69, 9.17) is 21.7 Å². The van der Waals surface area contributed by atoms with E-state index in [9.17, 15) is 14.4 Å². The van der Waals surface area contributed by atoms with Crippen LogP contribution < -0.4 is 10.2 Å². The number of furan rings is 1. The number of hydrogen-bond donors (Lipinski definition) is 2. The zero-order valence-electron chi connectivity index (χ0n) is 16.3. The van der Waals surface area contributed by atoms with Crippen molar-refractivity contribution in [1.29, 1.82) is 0 Å². The first-order chi connectivity index (χ1) is 14.8. The molecule has 0 atom stereocenters. The van der Waals surface area contributed by atoms with Crippen LogP contribution in [0.4, 0.5) is 5.69 Å². The van der Waals surface area contributed by atoms with Crippen LogP contribution in [0.5, 0.6) is 0 Å². The van der Waals surface area contributed by atoms with Crippen molar-refractivity contribution in [3.63, 3.8) is 0 Å². The van der Waals surface area contributed by atoms with Crippen LogP contribution in [0, 0.1) is 6.92 Å². The third kappa shape index (κ3) is 4.01. The van der Waals surface area contributed by atoms with E-state index in [0.29, 0.717) is 22.8 Å². The summed E-state index contributed by atoms with van der Waals surface area (Å²) in [5.74, 6) is -1.41. The quantitative estimate of drug-likeness (QED) is 0.370. The lowest BCUT2D eigenvalue weighted by Gasteiger charge is -2.28. The maximum absolute atomic E-state index is 13.0. The van der Waals surface area contributed by atoms with Crippen molar-refractivity contribution in [2.24, 2.45) is 0 Å². The fourth-order valence-corrected chi connectivity index (χ4v) is 3.37. The summed E-state index contributed by atoms with van der Waals surface area (Å²) in [7, 11) is 0. The Morgan fingerprint density at radius 3 is 2.35 bits per heavy atom. The summed E-state index contributed by atoms with van der Waals surface area (Å²) in [5, 5.41) is 11.5. The van der Waals surface area contributed by atoms with Crippen molar-refractivity contribution in [3.8, 4) is 11.3 Å². The van der Waals surface area contributed by atoms with Gasteiger partial charge in [0.05, 0.1) is 11.3 Å². The van der Waals surface area contributed by atoms with Gasteiger partial charge in [-0.15, -0.1) is 0 Å². The molecule has 1 aliphatic rings. The fourth-order valence-electron chi connectivity index (χ4n) is 3.09. The van der Waals surface area contributed by atoms with E-state index < -0.39 is 17.8 Å². The smallest absolute Gasteiger partial charge is 0.335 e. The van der Waals surface area contributed by atoms with E-state index >= 15 is 0 Å². The Kier molecular flexibility index (Phi) is 5.22. The molecule has 0 radical (unpaired) electrons. The van der Waals surface area contributed by atoms with Gasteiger partial charge in [0.1, 0.15) is 17.1 Å². The second-order valence-electron chi connectivity index (χ2n) is 6.88. The van der Waals surface area contributed by atoms with Crippen LogP contribution in [0.3, 0.4) is 0 Å². The second-order valence-corrected chi connectivity index (χ2v) is 7.26. The molecule has 2 heterocycles. The molecule has 1 aliphatic heterocycles. The molecule has 154 valence electrons. The SMILES string of the molecule is Cc1ccc(N2C(=O)/C(=C/c3ccc(-c4ccc(C(=O)O)cc4)o3)C(=O)NC2=S)cc1. The zero-order valence-corrected chi connectivity index (χ0v) is 17.1. The van der Waals surface area contributed by atoms with Crippen LogP contribution in [0.25, 0.3) is 17.4 Å². The molecule has 2 amide bonds. The Hall–Kier alpha value is -4.04. The van der Waals surface area contributed by atoms with Crippen molar-refractivity contribution in [1.82, 2.24) is 5.32 Å². The normalized spacial score (nSPS) is 15.3. The number of benzene rings is 2. The number of hydrogen-bond acceptors (Lipinski definition) is 5. The summed E-state index contributed by atoms with van der Waals surface area (Å²) >= 11 is 5.19. The highest BCUT2D eigenvalue weighted by Crippen LogP contribution is 2.26. The number of carboxylic acid groups (broad SMARTS) is 1. The monoisotopic (exact) mass is 432 g/mol. The summed E-state index contributed by atoms with van der Waals surface area (Å²) in [6.07, 6.45) is 1.36. The third-order valence-corrected chi connectivity index (χ3v) is 5.01. The number of aryl methyl sites for hydroxylation is 1. The minimum Gasteiger partial charge on any atom is -0.478 e. The Morgan fingerprint density at radius 2 is 1.71 bits per heavy atom. The Balaban J connectivity index is 1.63. The van der Waals surface area contributed by atoms with Crippen LogP contribution in [0.2, 0.25) is 0 Å². The van der Waals surface area contributed by atoms with Gasteiger partial charge in [-0.2, -0.15) is 0 Å². The molecule has 8 heteroatoms. The van der Waals surface area contributed by atoms with E-state index in [1.165, 1.54) is 23.1 Å². The van der Waals surface area contributed by atoms with Gasteiger partial charge in [0, 0.05) is 5.56 Å². The maximum Gasteiger partial charge on any atom is 0.335 e. The number of carbonyl (C=O) groups is 3. The number of rotatable bonds is 4. The summed E-state index contributed by atoms with van der Waals surface area (Å²) in [6.45, 7) is 1.93. The van der Waals surface area contributed by atoms with Gasteiger partial charge >= 0.3 is 5.97 Å². The van der Waals surface area contributed by atoms with Crippen molar-refractivity contribution >= 4 is 46.9 Å². The van der Waals surface area contributed by atoms with Crippen LogP contribution in [0.1, 0.15) is 21.7 Å². The predicted octanol–water partition coefficient (Wildman–Crippen LogP) is 3.78. The van der Waals surface area contributed by atoms with Gasteiger partial charge < -0.3 is 9.52 Å². The molecule has 0 spiro atoms. The molecule has 31 heavy (non-hydrogen) atoms. The lowest BCUT2D eigenvalue weighted by atomic mass is 10.1. The highest BCUT2D eigenvalue weighted by atomic mass is 32.1. The first-order valence-electron chi connectivity index (χ1n) is 9.25.